The first-order valence-corrected chi connectivity index (χ1v) is 7.74. The summed E-state index contributed by atoms with van der Waals surface area (Å²) in [5.74, 6) is 0.659. The molecule has 0 radical (unpaired) electrons. The summed E-state index contributed by atoms with van der Waals surface area (Å²) in [6, 6.07) is 13.7. The molecule has 2 aromatic carbocycles. The highest BCUT2D eigenvalue weighted by molar-refractivity contribution is 5.76. The number of aromatic nitrogens is 1. The molecule has 24 heavy (non-hydrogen) atoms. The van der Waals surface area contributed by atoms with E-state index in [-0.39, 0.29) is 23.3 Å². The number of benzene rings is 2. The number of ether oxygens (including phenoxy) is 1. The molecule has 0 fully saturated rings. The van der Waals surface area contributed by atoms with Crippen LogP contribution in [0.15, 0.2) is 57.7 Å². The van der Waals surface area contributed by atoms with E-state index in [1.165, 1.54) is 0 Å². The number of esters is 1. The van der Waals surface area contributed by atoms with Gasteiger partial charge in [0.2, 0.25) is 5.89 Å². The lowest BCUT2D eigenvalue weighted by molar-refractivity contribution is -0.135. The topological polar surface area (TPSA) is 69.4 Å². The van der Waals surface area contributed by atoms with Gasteiger partial charge in [0.1, 0.15) is 11.3 Å². The Labute approximate surface area is 138 Å². The highest BCUT2D eigenvalue weighted by Crippen LogP contribution is 2.23. The van der Waals surface area contributed by atoms with Gasteiger partial charge in [0.15, 0.2) is 0 Å². The number of fused-ring (bicyclic) bond motifs is 1. The molecule has 0 N–H and O–H groups in total. The zero-order valence-electron chi connectivity index (χ0n) is 13.5. The van der Waals surface area contributed by atoms with Crippen LogP contribution >= 0.6 is 0 Å². The average Bonchev–Trinajstić information content (AvgIpc) is 2.54. The van der Waals surface area contributed by atoms with Gasteiger partial charge < -0.3 is 9.15 Å². The Hall–Kier alpha value is -2.95. The van der Waals surface area contributed by atoms with Crippen molar-refractivity contribution in [2.45, 2.75) is 20.3 Å². The normalized spacial score (nSPS) is 11.0. The standard InChI is InChI=1S/C19H17NO4/c1-12(2)11-17(21)23-14-9-7-13(8-10-14)19-20-18(22)15-5-3-4-6-16(15)24-19/h3-10,12H,11H2,1-2H3. The number of carbonyl (C=O) groups is 1. The van der Waals surface area contributed by atoms with Crippen molar-refractivity contribution in [3.05, 3.63) is 58.9 Å². The lowest BCUT2D eigenvalue weighted by Gasteiger charge is -2.07. The summed E-state index contributed by atoms with van der Waals surface area (Å²) in [5, 5.41) is 0.445. The van der Waals surface area contributed by atoms with Gasteiger partial charge in [0, 0.05) is 12.0 Å². The minimum Gasteiger partial charge on any atom is -0.437 e. The zero-order valence-corrected chi connectivity index (χ0v) is 13.5. The Morgan fingerprint density at radius 3 is 2.54 bits per heavy atom. The number of rotatable bonds is 4. The Morgan fingerprint density at radius 1 is 1.12 bits per heavy atom. The second kappa shape index (κ2) is 6.66. The minimum atomic E-state index is -0.334. The summed E-state index contributed by atoms with van der Waals surface area (Å²) in [5.41, 5.74) is 0.792. The van der Waals surface area contributed by atoms with Crippen LogP contribution in [-0.4, -0.2) is 11.0 Å². The molecule has 0 saturated heterocycles. The van der Waals surface area contributed by atoms with E-state index in [2.05, 4.69) is 4.98 Å². The Balaban J connectivity index is 1.86. The van der Waals surface area contributed by atoms with Crippen molar-refractivity contribution in [2.75, 3.05) is 0 Å². The summed E-state index contributed by atoms with van der Waals surface area (Å²) in [6.07, 6.45) is 0.364. The van der Waals surface area contributed by atoms with Gasteiger partial charge in [-0.1, -0.05) is 26.0 Å². The van der Waals surface area contributed by atoms with Crippen LogP contribution < -0.4 is 10.3 Å². The molecule has 0 bridgehead atoms. The van der Waals surface area contributed by atoms with Gasteiger partial charge in [-0.25, -0.2) is 0 Å². The second-order valence-corrected chi connectivity index (χ2v) is 5.92. The quantitative estimate of drug-likeness (QED) is 0.539. The molecule has 1 heterocycles. The Bertz CT molecular complexity index is 926. The molecular weight excluding hydrogens is 306 g/mol. The molecule has 1 aromatic heterocycles. The molecule has 5 nitrogen and oxygen atoms in total. The van der Waals surface area contributed by atoms with Crippen LogP contribution in [0, 0.1) is 5.92 Å². The summed E-state index contributed by atoms with van der Waals surface area (Å²) in [4.78, 5) is 27.7. The largest absolute Gasteiger partial charge is 0.437 e. The first-order chi connectivity index (χ1) is 11.5. The smallest absolute Gasteiger partial charge is 0.311 e. The van der Waals surface area contributed by atoms with E-state index in [1.807, 2.05) is 13.8 Å². The number of hydrogen-bond donors (Lipinski definition) is 0. The average molecular weight is 323 g/mol. The van der Waals surface area contributed by atoms with Gasteiger partial charge in [-0.3, -0.25) is 9.59 Å². The van der Waals surface area contributed by atoms with Crippen LogP contribution in [0.25, 0.3) is 22.4 Å². The van der Waals surface area contributed by atoms with E-state index in [9.17, 15) is 9.59 Å². The molecular formula is C19H17NO4. The van der Waals surface area contributed by atoms with Gasteiger partial charge in [0.05, 0.1) is 5.39 Å². The van der Waals surface area contributed by atoms with E-state index >= 15 is 0 Å². The predicted molar refractivity (Wildman–Crippen MR) is 90.8 cm³/mol. The highest BCUT2D eigenvalue weighted by atomic mass is 16.5. The van der Waals surface area contributed by atoms with Crippen LogP contribution in [0.2, 0.25) is 0 Å². The monoisotopic (exact) mass is 323 g/mol. The van der Waals surface area contributed by atoms with Gasteiger partial charge in [-0.05, 0) is 42.3 Å². The molecule has 122 valence electrons. The molecule has 0 spiro atoms. The van der Waals surface area contributed by atoms with Crippen molar-refractivity contribution in [1.29, 1.82) is 0 Å². The summed E-state index contributed by atoms with van der Waals surface area (Å²) in [7, 11) is 0. The number of para-hydroxylation sites is 1. The van der Waals surface area contributed by atoms with E-state index in [0.717, 1.165) is 0 Å². The first kappa shape index (κ1) is 15.9. The molecule has 0 aliphatic rings. The third-order valence-corrected chi connectivity index (χ3v) is 3.44. The molecule has 0 unspecified atom stereocenters. The van der Waals surface area contributed by atoms with Crippen LogP contribution in [0.5, 0.6) is 5.75 Å². The van der Waals surface area contributed by atoms with Crippen molar-refractivity contribution in [1.82, 2.24) is 4.98 Å². The van der Waals surface area contributed by atoms with E-state index < -0.39 is 0 Å². The maximum absolute atomic E-state index is 12.0. The van der Waals surface area contributed by atoms with Crippen molar-refractivity contribution in [3.8, 4) is 17.2 Å². The van der Waals surface area contributed by atoms with Crippen LogP contribution in [0.4, 0.5) is 0 Å². The Kier molecular flexibility index (Phi) is 4.42. The molecule has 3 rings (SSSR count). The van der Waals surface area contributed by atoms with Crippen molar-refractivity contribution >= 4 is 16.9 Å². The molecule has 0 amide bonds. The third kappa shape index (κ3) is 3.51. The third-order valence-electron chi connectivity index (χ3n) is 3.44. The fourth-order valence-corrected chi connectivity index (χ4v) is 2.31. The predicted octanol–water partition coefficient (Wildman–Crippen LogP) is 3.81. The highest BCUT2D eigenvalue weighted by Gasteiger charge is 2.10. The van der Waals surface area contributed by atoms with Crippen molar-refractivity contribution in [3.63, 3.8) is 0 Å². The summed E-state index contributed by atoms with van der Waals surface area (Å²) >= 11 is 0. The van der Waals surface area contributed by atoms with Crippen molar-refractivity contribution < 1.29 is 13.9 Å². The fraction of sp³-hybridized carbons (Fsp3) is 0.211. The van der Waals surface area contributed by atoms with Crippen LogP contribution in [0.3, 0.4) is 0 Å². The van der Waals surface area contributed by atoms with Gasteiger partial charge in [-0.15, -0.1) is 0 Å². The van der Waals surface area contributed by atoms with E-state index in [1.54, 1.807) is 48.5 Å². The number of nitrogens with zero attached hydrogens (tertiary/aromatic N) is 1. The minimum absolute atomic E-state index is 0.235. The second-order valence-electron chi connectivity index (χ2n) is 5.92. The van der Waals surface area contributed by atoms with Crippen LogP contribution in [-0.2, 0) is 4.79 Å². The molecule has 5 heteroatoms. The van der Waals surface area contributed by atoms with E-state index in [4.69, 9.17) is 9.15 Å². The lowest BCUT2D eigenvalue weighted by atomic mass is 10.1. The SMILES string of the molecule is CC(C)CC(=O)Oc1ccc(-c2nc(=O)c3ccccc3o2)cc1. The maximum atomic E-state index is 12.0. The first-order valence-electron chi connectivity index (χ1n) is 7.74. The molecule has 3 aromatic rings. The summed E-state index contributed by atoms with van der Waals surface area (Å²) < 4.78 is 10.9. The van der Waals surface area contributed by atoms with Gasteiger partial charge >= 0.3 is 5.97 Å². The Morgan fingerprint density at radius 2 is 1.83 bits per heavy atom. The van der Waals surface area contributed by atoms with Gasteiger partial charge in [0.25, 0.3) is 5.56 Å². The fourth-order valence-electron chi connectivity index (χ4n) is 2.31. The summed E-state index contributed by atoms with van der Waals surface area (Å²) in [6.45, 7) is 3.91. The molecule has 0 saturated carbocycles. The zero-order chi connectivity index (χ0) is 17.1. The van der Waals surface area contributed by atoms with Gasteiger partial charge in [-0.2, -0.15) is 4.98 Å². The van der Waals surface area contributed by atoms with Crippen LogP contribution in [0.1, 0.15) is 20.3 Å². The molecule has 0 aliphatic carbocycles. The maximum Gasteiger partial charge on any atom is 0.311 e. The molecule has 0 atom stereocenters. The number of hydrogen-bond acceptors (Lipinski definition) is 5. The lowest BCUT2D eigenvalue weighted by Crippen LogP contribution is -2.10. The van der Waals surface area contributed by atoms with Crippen molar-refractivity contribution in [2.24, 2.45) is 5.92 Å². The van der Waals surface area contributed by atoms with E-state index in [0.29, 0.717) is 28.7 Å². The number of carbonyl (C=O) groups excluding carboxylic acids is 1. The molecule has 0 aliphatic heterocycles.